The molecular formula is C18H26N2O3. The van der Waals surface area contributed by atoms with E-state index in [1.54, 1.807) is 0 Å². The number of benzene rings is 1. The van der Waals surface area contributed by atoms with Crippen LogP contribution in [0.1, 0.15) is 38.7 Å². The first-order chi connectivity index (χ1) is 10.9. The van der Waals surface area contributed by atoms with E-state index in [0.717, 1.165) is 24.2 Å². The number of amides is 2. The number of nitrogens with zero attached hydrogens (tertiary/aromatic N) is 1. The topological polar surface area (TPSA) is 72.6 Å². The first-order valence-corrected chi connectivity index (χ1v) is 8.25. The average molecular weight is 318 g/mol. The molecule has 2 rings (SSSR count). The number of primary amides is 1. The van der Waals surface area contributed by atoms with Crippen molar-refractivity contribution in [2.75, 3.05) is 13.1 Å². The molecule has 0 aliphatic carbocycles. The summed E-state index contributed by atoms with van der Waals surface area (Å²) in [7, 11) is 0. The van der Waals surface area contributed by atoms with Crippen molar-refractivity contribution in [3.8, 4) is 5.75 Å². The maximum absolute atomic E-state index is 12.4. The zero-order valence-electron chi connectivity index (χ0n) is 14.0. The molecule has 1 aliphatic heterocycles. The summed E-state index contributed by atoms with van der Waals surface area (Å²) >= 11 is 0. The molecule has 0 atom stereocenters. The van der Waals surface area contributed by atoms with Crippen LogP contribution in [0, 0.1) is 5.92 Å². The lowest BCUT2D eigenvalue weighted by atomic mass is 9.93. The van der Waals surface area contributed by atoms with Crippen molar-refractivity contribution < 1.29 is 14.3 Å². The summed E-state index contributed by atoms with van der Waals surface area (Å²) in [5, 5.41) is 0. The Labute approximate surface area is 137 Å². The van der Waals surface area contributed by atoms with Crippen LogP contribution in [-0.2, 0) is 16.0 Å². The lowest BCUT2D eigenvalue weighted by molar-refractivity contribution is -0.131. The lowest BCUT2D eigenvalue weighted by Crippen LogP contribution is -2.40. The van der Waals surface area contributed by atoms with Crippen molar-refractivity contribution in [2.45, 2.75) is 45.6 Å². The Kier molecular flexibility index (Phi) is 6.02. The number of likely N-dealkylation sites (tertiary alicyclic amines) is 1. The third-order valence-electron chi connectivity index (χ3n) is 4.08. The van der Waals surface area contributed by atoms with Crippen molar-refractivity contribution in [3.05, 3.63) is 29.8 Å². The molecule has 5 heteroatoms. The van der Waals surface area contributed by atoms with Gasteiger partial charge in [0, 0.05) is 19.5 Å². The Balaban J connectivity index is 1.86. The summed E-state index contributed by atoms with van der Waals surface area (Å²) < 4.78 is 5.66. The van der Waals surface area contributed by atoms with Gasteiger partial charge in [0.1, 0.15) is 5.75 Å². The highest BCUT2D eigenvalue weighted by Crippen LogP contribution is 2.21. The van der Waals surface area contributed by atoms with Crippen LogP contribution in [0.15, 0.2) is 24.3 Å². The quantitative estimate of drug-likeness (QED) is 0.873. The predicted octanol–water partition coefficient (Wildman–Crippen LogP) is 2.13. The summed E-state index contributed by atoms with van der Waals surface area (Å²) in [5.41, 5.74) is 6.20. The largest absolute Gasteiger partial charge is 0.491 e. The molecule has 1 aromatic carbocycles. The third kappa shape index (κ3) is 5.58. The van der Waals surface area contributed by atoms with Gasteiger partial charge in [-0.15, -0.1) is 0 Å². The van der Waals surface area contributed by atoms with Crippen LogP contribution in [0.4, 0.5) is 0 Å². The standard InChI is InChI=1S/C18H26N2O3/c1-13(2)23-16-5-3-4-15(10-16)12-18(22)20-8-6-14(7-9-20)11-17(19)21/h3-5,10,13-14H,6-9,11-12H2,1-2H3,(H2,19,21). The zero-order chi connectivity index (χ0) is 16.8. The van der Waals surface area contributed by atoms with Gasteiger partial charge in [0.2, 0.25) is 11.8 Å². The number of hydrogen-bond donors (Lipinski definition) is 1. The molecule has 1 aliphatic rings. The minimum atomic E-state index is -0.253. The molecule has 2 N–H and O–H groups in total. The Morgan fingerprint density at radius 1 is 1.30 bits per heavy atom. The molecule has 23 heavy (non-hydrogen) atoms. The van der Waals surface area contributed by atoms with Gasteiger partial charge in [-0.25, -0.2) is 0 Å². The Bertz CT molecular complexity index is 549. The van der Waals surface area contributed by atoms with Gasteiger partial charge < -0.3 is 15.4 Å². The number of ether oxygens (including phenoxy) is 1. The predicted molar refractivity (Wildman–Crippen MR) is 89.0 cm³/mol. The van der Waals surface area contributed by atoms with Gasteiger partial charge in [0.25, 0.3) is 0 Å². The molecule has 5 nitrogen and oxygen atoms in total. The molecular weight excluding hydrogens is 292 g/mol. The van der Waals surface area contributed by atoms with Crippen molar-refractivity contribution >= 4 is 11.8 Å². The molecule has 0 radical (unpaired) electrons. The fourth-order valence-corrected chi connectivity index (χ4v) is 2.96. The highest BCUT2D eigenvalue weighted by Gasteiger charge is 2.23. The monoisotopic (exact) mass is 318 g/mol. The molecule has 126 valence electrons. The minimum absolute atomic E-state index is 0.116. The number of rotatable bonds is 6. The zero-order valence-corrected chi connectivity index (χ0v) is 14.0. The molecule has 0 saturated carbocycles. The maximum Gasteiger partial charge on any atom is 0.226 e. The lowest BCUT2D eigenvalue weighted by Gasteiger charge is -2.31. The number of carbonyl (C=O) groups excluding carboxylic acids is 2. The molecule has 1 aromatic rings. The van der Waals surface area contributed by atoms with Gasteiger partial charge in [-0.3, -0.25) is 9.59 Å². The first kappa shape index (κ1) is 17.3. The molecule has 1 heterocycles. The van der Waals surface area contributed by atoms with Crippen molar-refractivity contribution in [2.24, 2.45) is 11.7 Å². The SMILES string of the molecule is CC(C)Oc1cccc(CC(=O)N2CCC(CC(N)=O)CC2)c1. The summed E-state index contributed by atoms with van der Waals surface area (Å²) in [6.07, 6.45) is 2.63. The van der Waals surface area contributed by atoms with Gasteiger partial charge in [-0.1, -0.05) is 12.1 Å². The number of hydrogen-bond acceptors (Lipinski definition) is 3. The van der Waals surface area contributed by atoms with E-state index < -0.39 is 0 Å². The normalized spacial score (nSPS) is 15.7. The van der Waals surface area contributed by atoms with E-state index in [-0.39, 0.29) is 17.9 Å². The summed E-state index contributed by atoms with van der Waals surface area (Å²) in [6, 6.07) is 7.70. The van der Waals surface area contributed by atoms with Gasteiger partial charge in [0.05, 0.1) is 12.5 Å². The Hall–Kier alpha value is -2.04. The van der Waals surface area contributed by atoms with Gasteiger partial charge >= 0.3 is 0 Å². The molecule has 2 amide bonds. The van der Waals surface area contributed by atoms with Crippen molar-refractivity contribution in [3.63, 3.8) is 0 Å². The van der Waals surface area contributed by atoms with Gasteiger partial charge in [-0.2, -0.15) is 0 Å². The fourth-order valence-electron chi connectivity index (χ4n) is 2.96. The summed E-state index contributed by atoms with van der Waals surface area (Å²) in [5.74, 6) is 0.991. The van der Waals surface area contributed by atoms with E-state index in [1.165, 1.54) is 0 Å². The molecule has 0 aromatic heterocycles. The van der Waals surface area contributed by atoms with Gasteiger partial charge in [-0.05, 0) is 50.3 Å². The van der Waals surface area contributed by atoms with E-state index >= 15 is 0 Å². The first-order valence-electron chi connectivity index (χ1n) is 8.25. The van der Waals surface area contributed by atoms with Crippen LogP contribution in [-0.4, -0.2) is 35.9 Å². The molecule has 0 unspecified atom stereocenters. The Morgan fingerprint density at radius 3 is 2.61 bits per heavy atom. The van der Waals surface area contributed by atoms with Crippen LogP contribution in [0.2, 0.25) is 0 Å². The highest BCUT2D eigenvalue weighted by atomic mass is 16.5. The van der Waals surface area contributed by atoms with E-state index in [0.29, 0.717) is 31.8 Å². The summed E-state index contributed by atoms with van der Waals surface area (Å²) in [6.45, 7) is 5.38. The second-order valence-electron chi connectivity index (χ2n) is 6.49. The van der Waals surface area contributed by atoms with E-state index in [9.17, 15) is 9.59 Å². The van der Waals surface area contributed by atoms with Crippen LogP contribution < -0.4 is 10.5 Å². The molecule has 1 fully saturated rings. The minimum Gasteiger partial charge on any atom is -0.491 e. The van der Waals surface area contributed by atoms with E-state index in [4.69, 9.17) is 10.5 Å². The molecule has 0 bridgehead atoms. The number of nitrogens with two attached hydrogens (primary N) is 1. The number of piperidine rings is 1. The third-order valence-corrected chi connectivity index (χ3v) is 4.08. The van der Waals surface area contributed by atoms with Crippen LogP contribution in [0.3, 0.4) is 0 Å². The molecule has 0 spiro atoms. The highest BCUT2D eigenvalue weighted by molar-refractivity contribution is 5.79. The van der Waals surface area contributed by atoms with Crippen molar-refractivity contribution in [1.29, 1.82) is 0 Å². The summed E-state index contributed by atoms with van der Waals surface area (Å²) in [4.78, 5) is 25.3. The van der Waals surface area contributed by atoms with E-state index in [2.05, 4.69) is 0 Å². The number of carbonyl (C=O) groups is 2. The van der Waals surface area contributed by atoms with Crippen molar-refractivity contribution in [1.82, 2.24) is 4.90 Å². The van der Waals surface area contributed by atoms with Crippen LogP contribution in [0.5, 0.6) is 5.75 Å². The smallest absolute Gasteiger partial charge is 0.226 e. The average Bonchev–Trinajstić information content (AvgIpc) is 2.47. The van der Waals surface area contributed by atoms with Gasteiger partial charge in [0.15, 0.2) is 0 Å². The second kappa shape index (κ2) is 7.99. The Morgan fingerprint density at radius 2 is 2.00 bits per heavy atom. The second-order valence-corrected chi connectivity index (χ2v) is 6.49. The fraction of sp³-hybridized carbons (Fsp3) is 0.556. The molecule has 1 saturated heterocycles. The maximum atomic E-state index is 12.4. The van der Waals surface area contributed by atoms with Crippen LogP contribution >= 0.6 is 0 Å². The van der Waals surface area contributed by atoms with E-state index in [1.807, 2.05) is 43.0 Å². The van der Waals surface area contributed by atoms with Crippen LogP contribution in [0.25, 0.3) is 0 Å².